The van der Waals surface area contributed by atoms with Crippen LogP contribution >= 0.6 is 0 Å². The minimum absolute atomic E-state index is 0.0702. The van der Waals surface area contributed by atoms with Crippen molar-refractivity contribution in [1.29, 1.82) is 0 Å². The van der Waals surface area contributed by atoms with Crippen LogP contribution in [0.3, 0.4) is 0 Å². The van der Waals surface area contributed by atoms with E-state index in [1.807, 2.05) is 19.3 Å². The topological polar surface area (TPSA) is 111 Å². The lowest BCUT2D eigenvalue weighted by Gasteiger charge is -2.35. The Hall–Kier alpha value is -1.71. The van der Waals surface area contributed by atoms with Crippen LogP contribution < -0.4 is 9.62 Å². The SMILES string of the molecule is C[C@H](O)CNS(=O)(=O)C[C@H]1CC[C@H](N(C)c2ncnc3[nH]ccc23)CC1. The van der Waals surface area contributed by atoms with Gasteiger partial charge in [-0.3, -0.25) is 0 Å². The molecule has 3 rings (SSSR count). The number of sulfonamides is 1. The number of H-pyrrole nitrogens is 1. The molecule has 0 aromatic carbocycles. The maximum atomic E-state index is 12.1. The highest BCUT2D eigenvalue weighted by atomic mass is 32.2. The fourth-order valence-electron chi connectivity index (χ4n) is 3.63. The van der Waals surface area contributed by atoms with Crippen LogP contribution in [0.15, 0.2) is 18.6 Å². The third-order valence-corrected chi connectivity index (χ3v) is 6.60. The zero-order valence-electron chi connectivity index (χ0n) is 15.2. The molecule has 0 bridgehead atoms. The fraction of sp³-hybridized carbons (Fsp3) is 0.647. The van der Waals surface area contributed by atoms with Gasteiger partial charge in [-0.1, -0.05) is 0 Å². The van der Waals surface area contributed by atoms with Gasteiger partial charge >= 0.3 is 0 Å². The summed E-state index contributed by atoms with van der Waals surface area (Å²) < 4.78 is 26.7. The van der Waals surface area contributed by atoms with Crippen LogP contribution in [0.25, 0.3) is 11.0 Å². The normalized spacial score (nSPS) is 22.4. The number of aromatic amines is 1. The molecule has 1 saturated carbocycles. The lowest BCUT2D eigenvalue weighted by atomic mass is 9.86. The number of aliphatic hydroxyl groups is 1. The number of nitrogens with one attached hydrogen (secondary N) is 2. The first-order chi connectivity index (χ1) is 12.4. The van der Waals surface area contributed by atoms with Gasteiger partial charge < -0.3 is 15.0 Å². The lowest BCUT2D eigenvalue weighted by Crippen LogP contribution is -2.39. The molecule has 1 atom stereocenters. The van der Waals surface area contributed by atoms with E-state index in [9.17, 15) is 13.5 Å². The molecule has 1 fully saturated rings. The standard InChI is InChI=1S/C17H27N5O3S/c1-12(23)9-21-26(24,25)10-13-3-5-14(6-4-13)22(2)17-15-7-8-18-16(15)19-11-20-17/h7-8,11-14,21,23H,3-6,9-10H2,1-2H3,(H,18,19,20)/t12-,13-,14-/m0/s1. The molecule has 2 aromatic heterocycles. The van der Waals surface area contributed by atoms with Gasteiger partial charge in [-0.05, 0) is 44.6 Å². The zero-order chi connectivity index (χ0) is 18.7. The Balaban J connectivity index is 1.57. The van der Waals surface area contributed by atoms with Crippen LogP contribution in [0.1, 0.15) is 32.6 Å². The van der Waals surface area contributed by atoms with Gasteiger partial charge in [-0.2, -0.15) is 0 Å². The molecule has 0 saturated heterocycles. The first-order valence-electron chi connectivity index (χ1n) is 9.02. The molecule has 1 aliphatic carbocycles. The zero-order valence-corrected chi connectivity index (χ0v) is 16.0. The maximum Gasteiger partial charge on any atom is 0.211 e. The van der Waals surface area contributed by atoms with Crippen LogP contribution in [0.5, 0.6) is 0 Å². The van der Waals surface area contributed by atoms with Crippen molar-refractivity contribution in [2.24, 2.45) is 5.92 Å². The van der Waals surface area contributed by atoms with Gasteiger partial charge in [-0.15, -0.1) is 0 Å². The Morgan fingerprint density at radius 2 is 2.08 bits per heavy atom. The Morgan fingerprint density at radius 3 is 2.77 bits per heavy atom. The summed E-state index contributed by atoms with van der Waals surface area (Å²) in [5.74, 6) is 1.20. The Labute approximate surface area is 154 Å². The lowest BCUT2D eigenvalue weighted by molar-refractivity contribution is 0.198. The Kier molecular flexibility index (Phi) is 5.79. The van der Waals surface area contributed by atoms with Crippen molar-refractivity contribution in [1.82, 2.24) is 19.7 Å². The fourth-order valence-corrected chi connectivity index (χ4v) is 5.20. The number of hydrogen-bond donors (Lipinski definition) is 3. The summed E-state index contributed by atoms with van der Waals surface area (Å²) >= 11 is 0. The van der Waals surface area contributed by atoms with Crippen molar-refractivity contribution in [3.8, 4) is 0 Å². The number of anilines is 1. The Morgan fingerprint density at radius 1 is 1.35 bits per heavy atom. The average Bonchev–Trinajstić information content (AvgIpc) is 3.08. The molecule has 26 heavy (non-hydrogen) atoms. The van der Waals surface area contributed by atoms with Crippen molar-refractivity contribution in [3.05, 3.63) is 18.6 Å². The minimum Gasteiger partial charge on any atom is -0.392 e. The second-order valence-electron chi connectivity index (χ2n) is 7.20. The number of hydrogen-bond acceptors (Lipinski definition) is 6. The summed E-state index contributed by atoms with van der Waals surface area (Å²) in [4.78, 5) is 14.0. The van der Waals surface area contributed by atoms with Gasteiger partial charge in [0.05, 0.1) is 17.2 Å². The largest absolute Gasteiger partial charge is 0.392 e. The first kappa shape index (κ1) is 19.1. The van der Waals surface area contributed by atoms with Crippen molar-refractivity contribution >= 4 is 26.9 Å². The van der Waals surface area contributed by atoms with Crippen molar-refractivity contribution in [2.75, 3.05) is 24.2 Å². The first-order valence-corrected chi connectivity index (χ1v) is 10.7. The van der Waals surface area contributed by atoms with Crippen LogP contribution in [0, 0.1) is 5.92 Å². The molecule has 0 unspecified atom stereocenters. The van der Waals surface area contributed by atoms with E-state index in [4.69, 9.17) is 0 Å². The molecule has 0 spiro atoms. The molecule has 144 valence electrons. The van der Waals surface area contributed by atoms with E-state index >= 15 is 0 Å². The summed E-state index contributed by atoms with van der Waals surface area (Å²) in [5.41, 5.74) is 0.825. The minimum atomic E-state index is -3.34. The van der Waals surface area contributed by atoms with E-state index in [1.165, 1.54) is 0 Å². The van der Waals surface area contributed by atoms with Crippen LogP contribution in [0.2, 0.25) is 0 Å². The quantitative estimate of drug-likeness (QED) is 0.666. The van der Waals surface area contributed by atoms with E-state index in [1.54, 1.807) is 13.3 Å². The molecule has 2 heterocycles. The number of aliphatic hydroxyl groups excluding tert-OH is 1. The second kappa shape index (κ2) is 7.89. The average molecular weight is 382 g/mol. The van der Waals surface area contributed by atoms with E-state index < -0.39 is 16.1 Å². The molecule has 1 aliphatic rings. The molecule has 2 aromatic rings. The molecular weight excluding hydrogens is 354 g/mol. The molecule has 0 radical (unpaired) electrons. The monoisotopic (exact) mass is 381 g/mol. The van der Waals surface area contributed by atoms with Gasteiger partial charge in [0, 0.05) is 25.8 Å². The maximum absolute atomic E-state index is 12.1. The third kappa shape index (κ3) is 4.52. The Bertz CT molecular complexity index is 828. The van der Waals surface area contributed by atoms with Crippen molar-refractivity contribution < 1.29 is 13.5 Å². The third-order valence-electron chi connectivity index (χ3n) is 5.08. The van der Waals surface area contributed by atoms with E-state index in [0.29, 0.717) is 6.04 Å². The predicted octanol–water partition coefficient (Wildman–Crippen LogP) is 1.25. The van der Waals surface area contributed by atoms with Crippen molar-refractivity contribution in [2.45, 2.75) is 44.8 Å². The number of nitrogens with zero attached hydrogens (tertiary/aromatic N) is 3. The summed E-state index contributed by atoms with van der Waals surface area (Å²) in [7, 11) is -1.29. The molecular formula is C17H27N5O3S. The highest BCUT2D eigenvalue weighted by Crippen LogP contribution is 2.31. The number of aromatic nitrogens is 3. The molecule has 3 N–H and O–H groups in total. The highest BCUT2D eigenvalue weighted by Gasteiger charge is 2.28. The van der Waals surface area contributed by atoms with Gasteiger partial charge in [0.2, 0.25) is 10.0 Å². The van der Waals surface area contributed by atoms with Gasteiger partial charge in [0.1, 0.15) is 17.8 Å². The summed E-state index contributed by atoms with van der Waals surface area (Å²) in [6.45, 7) is 1.64. The van der Waals surface area contributed by atoms with Gasteiger partial charge in [0.15, 0.2) is 0 Å². The number of fused-ring (bicyclic) bond motifs is 1. The van der Waals surface area contributed by atoms with Crippen LogP contribution in [-0.4, -0.2) is 60.0 Å². The molecule has 0 amide bonds. The number of rotatable bonds is 7. The van der Waals surface area contributed by atoms with Crippen LogP contribution in [-0.2, 0) is 10.0 Å². The van der Waals surface area contributed by atoms with E-state index in [2.05, 4.69) is 24.6 Å². The van der Waals surface area contributed by atoms with Gasteiger partial charge in [-0.25, -0.2) is 23.1 Å². The molecule has 9 heteroatoms. The molecule has 0 aliphatic heterocycles. The summed E-state index contributed by atoms with van der Waals surface area (Å²) in [6.07, 6.45) is 6.35. The van der Waals surface area contributed by atoms with Crippen molar-refractivity contribution in [3.63, 3.8) is 0 Å². The summed E-state index contributed by atoms with van der Waals surface area (Å²) in [6, 6.07) is 2.32. The van der Waals surface area contributed by atoms with E-state index in [0.717, 1.165) is 42.5 Å². The highest BCUT2D eigenvalue weighted by molar-refractivity contribution is 7.89. The predicted molar refractivity (Wildman–Crippen MR) is 102 cm³/mol. The molecule has 8 nitrogen and oxygen atoms in total. The smallest absolute Gasteiger partial charge is 0.211 e. The summed E-state index contributed by atoms with van der Waals surface area (Å²) in [5, 5.41) is 10.2. The second-order valence-corrected chi connectivity index (χ2v) is 9.05. The van der Waals surface area contributed by atoms with Gasteiger partial charge in [0.25, 0.3) is 0 Å². The van der Waals surface area contributed by atoms with E-state index in [-0.39, 0.29) is 18.2 Å². The van der Waals surface area contributed by atoms with Crippen LogP contribution in [0.4, 0.5) is 5.82 Å².